The highest BCUT2D eigenvalue weighted by molar-refractivity contribution is 7.51. The van der Waals surface area contributed by atoms with Gasteiger partial charge in [0, 0.05) is 0 Å². The van der Waals surface area contributed by atoms with Crippen molar-refractivity contribution in [2.75, 3.05) is 12.8 Å². The largest absolute Gasteiger partial charge is 0.493 e. The average Bonchev–Trinajstić information content (AvgIpc) is 2.85. The zero-order valence-electron chi connectivity index (χ0n) is 13.5. The summed E-state index contributed by atoms with van der Waals surface area (Å²) in [5, 5.41) is 9.19. The summed E-state index contributed by atoms with van der Waals surface area (Å²) in [6.07, 6.45) is 4.91. The summed E-state index contributed by atoms with van der Waals surface area (Å²) in [6.45, 7) is -0.0167. The van der Waals surface area contributed by atoms with Gasteiger partial charge in [-0.05, 0) is 67.2 Å². The van der Waals surface area contributed by atoms with Gasteiger partial charge in [-0.25, -0.2) is 0 Å². The van der Waals surface area contributed by atoms with E-state index >= 15 is 0 Å². The summed E-state index contributed by atoms with van der Waals surface area (Å²) in [7, 11) is -4.05. The summed E-state index contributed by atoms with van der Waals surface area (Å²) in [6, 6.07) is 5.86. The average molecular weight is 354 g/mol. The first-order valence-corrected chi connectivity index (χ1v) is 10.1. The molecule has 0 aliphatic heterocycles. The molecule has 3 N–H and O–H groups in total. The van der Waals surface area contributed by atoms with Crippen molar-refractivity contribution in [1.82, 2.24) is 0 Å². The Morgan fingerprint density at radius 3 is 2.58 bits per heavy atom. The van der Waals surface area contributed by atoms with Crippen LogP contribution < -0.4 is 4.74 Å². The summed E-state index contributed by atoms with van der Waals surface area (Å²) in [5.41, 5.74) is 2.57. The van der Waals surface area contributed by atoms with E-state index in [9.17, 15) is 14.5 Å². The van der Waals surface area contributed by atoms with Crippen LogP contribution in [0.4, 0.5) is 0 Å². The Bertz CT molecular complexity index is 672. The number of carboxylic acids is 1. The third-order valence-electron chi connectivity index (χ3n) is 5.47. The van der Waals surface area contributed by atoms with Gasteiger partial charge in [0.25, 0.3) is 0 Å². The van der Waals surface area contributed by atoms with Crippen LogP contribution in [-0.4, -0.2) is 33.6 Å². The quantitative estimate of drug-likeness (QED) is 0.703. The van der Waals surface area contributed by atoms with Gasteiger partial charge in [-0.15, -0.1) is 0 Å². The van der Waals surface area contributed by atoms with Gasteiger partial charge in [-0.2, -0.15) is 0 Å². The third kappa shape index (κ3) is 3.66. The normalized spacial score (nSPS) is 26.3. The molecule has 1 spiro atoms. The lowest BCUT2D eigenvalue weighted by Crippen LogP contribution is -2.32. The summed E-state index contributed by atoms with van der Waals surface area (Å²) in [5.74, 6) is -0.302. The van der Waals surface area contributed by atoms with Gasteiger partial charge in [0.15, 0.2) is 0 Å². The fourth-order valence-electron chi connectivity index (χ4n) is 4.08. The minimum Gasteiger partial charge on any atom is -0.493 e. The van der Waals surface area contributed by atoms with Crippen LogP contribution >= 0.6 is 7.60 Å². The molecule has 7 heteroatoms. The summed E-state index contributed by atoms with van der Waals surface area (Å²) in [4.78, 5) is 29.0. The zero-order valence-corrected chi connectivity index (χ0v) is 14.4. The van der Waals surface area contributed by atoms with E-state index < -0.39 is 13.6 Å². The number of aliphatic carboxylic acids is 1. The molecule has 0 heterocycles. The predicted molar refractivity (Wildman–Crippen MR) is 88.4 cm³/mol. The molecular weight excluding hydrogens is 331 g/mol. The van der Waals surface area contributed by atoms with Crippen molar-refractivity contribution in [3.8, 4) is 5.75 Å². The number of hydrogen-bond acceptors (Lipinski definition) is 3. The van der Waals surface area contributed by atoms with Gasteiger partial charge < -0.3 is 19.6 Å². The minimum absolute atomic E-state index is 0.0167. The van der Waals surface area contributed by atoms with E-state index in [-0.39, 0.29) is 24.1 Å². The third-order valence-corrected chi connectivity index (χ3v) is 6.23. The van der Waals surface area contributed by atoms with Crippen LogP contribution in [0.15, 0.2) is 18.2 Å². The molecule has 0 unspecified atom stereocenters. The van der Waals surface area contributed by atoms with Crippen molar-refractivity contribution in [3.05, 3.63) is 29.3 Å². The minimum atomic E-state index is -4.05. The van der Waals surface area contributed by atoms with E-state index in [0.29, 0.717) is 18.6 Å². The lowest BCUT2D eigenvalue weighted by molar-refractivity contribution is -0.143. The summed E-state index contributed by atoms with van der Waals surface area (Å²) < 4.78 is 16.4. The van der Waals surface area contributed by atoms with Crippen LogP contribution in [0.2, 0.25) is 0 Å². The van der Waals surface area contributed by atoms with Crippen molar-refractivity contribution in [2.45, 2.75) is 43.9 Å². The molecule has 1 aromatic carbocycles. The zero-order chi connectivity index (χ0) is 17.4. The Labute approximate surface area is 141 Å². The number of carboxylic acid groups (broad SMARTS) is 1. The second-order valence-corrected chi connectivity index (χ2v) is 8.73. The molecule has 6 nitrogen and oxygen atoms in total. The highest BCUT2D eigenvalue weighted by atomic mass is 31.2. The van der Waals surface area contributed by atoms with Crippen molar-refractivity contribution < 1.29 is 29.0 Å². The molecule has 1 aromatic rings. The van der Waals surface area contributed by atoms with Crippen molar-refractivity contribution >= 4 is 13.6 Å². The maximum atomic E-state index is 11.2. The molecule has 0 radical (unpaired) electrons. The van der Waals surface area contributed by atoms with Gasteiger partial charge in [0.1, 0.15) is 5.75 Å². The molecule has 0 atom stereocenters. The number of ether oxygens (including phenoxy) is 1. The van der Waals surface area contributed by atoms with Crippen LogP contribution in [-0.2, 0) is 21.2 Å². The molecule has 132 valence electrons. The first-order chi connectivity index (χ1) is 11.3. The summed E-state index contributed by atoms with van der Waals surface area (Å²) >= 11 is 0. The molecule has 0 saturated heterocycles. The van der Waals surface area contributed by atoms with Gasteiger partial charge >= 0.3 is 13.6 Å². The van der Waals surface area contributed by atoms with Gasteiger partial charge in [-0.1, -0.05) is 6.07 Å². The molecule has 2 aliphatic rings. The molecular formula is C17H23O6P. The molecule has 24 heavy (non-hydrogen) atoms. The first-order valence-electron chi connectivity index (χ1n) is 8.33. The Kier molecular flexibility index (Phi) is 4.73. The molecule has 3 rings (SSSR count). The van der Waals surface area contributed by atoms with Gasteiger partial charge in [0.2, 0.25) is 0 Å². The van der Waals surface area contributed by atoms with Crippen molar-refractivity contribution in [2.24, 2.45) is 5.92 Å². The lowest BCUT2D eigenvalue weighted by atomic mass is 9.67. The number of rotatable bonds is 5. The highest BCUT2D eigenvalue weighted by Crippen LogP contribution is 2.50. The number of aryl methyl sites for hydroxylation is 1. The predicted octanol–water partition coefficient (Wildman–Crippen LogP) is 2.70. The monoisotopic (exact) mass is 354 g/mol. The maximum Gasteiger partial charge on any atom is 0.328 e. The molecule has 0 aromatic heterocycles. The van der Waals surface area contributed by atoms with Crippen LogP contribution in [0.5, 0.6) is 5.75 Å². The molecule has 0 amide bonds. The van der Waals surface area contributed by atoms with Crippen LogP contribution in [0.1, 0.15) is 43.2 Å². The van der Waals surface area contributed by atoms with E-state index in [2.05, 4.69) is 0 Å². The first kappa shape index (κ1) is 17.5. The van der Waals surface area contributed by atoms with E-state index in [1.54, 1.807) is 0 Å². The standard InChI is InChI=1S/C17H23O6P/c18-16(19)13-4-7-17(8-5-13)6-3-12-1-2-14(11-15(12)17)23-9-10-24(20,21)22/h1-2,11,13H,3-10H2,(H,18,19)(H2,20,21,22). The number of hydrogen-bond donors (Lipinski definition) is 3. The molecule has 0 bridgehead atoms. The fourth-order valence-corrected chi connectivity index (χ4v) is 4.41. The lowest BCUT2D eigenvalue weighted by Gasteiger charge is -2.37. The Morgan fingerprint density at radius 1 is 1.25 bits per heavy atom. The number of carbonyl (C=O) groups is 1. The number of fused-ring (bicyclic) bond motifs is 2. The topological polar surface area (TPSA) is 104 Å². The van der Waals surface area contributed by atoms with E-state index in [1.165, 1.54) is 11.1 Å². The molecule has 2 aliphatic carbocycles. The maximum absolute atomic E-state index is 11.2. The van der Waals surface area contributed by atoms with Gasteiger partial charge in [-0.3, -0.25) is 9.36 Å². The Balaban J connectivity index is 1.72. The molecule has 1 fully saturated rings. The Hall–Kier alpha value is -1.36. The highest BCUT2D eigenvalue weighted by Gasteiger charge is 2.43. The van der Waals surface area contributed by atoms with Crippen LogP contribution in [0.25, 0.3) is 0 Å². The van der Waals surface area contributed by atoms with E-state index in [4.69, 9.17) is 14.5 Å². The second-order valence-electron chi connectivity index (χ2n) is 6.95. The fraction of sp³-hybridized carbons (Fsp3) is 0.588. The van der Waals surface area contributed by atoms with Crippen molar-refractivity contribution in [1.29, 1.82) is 0 Å². The smallest absolute Gasteiger partial charge is 0.328 e. The van der Waals surface area contributed by atoms with E-state index in [0.717, 1.165) is 25.7 Å². The van der Waals surface area contributed by atoms with Crippen LogP contribution in [0, 0.1) is 5.92 Å². The Morgan fingerprint density at radius 2 is 1.96 bits per heavy atom. The molecule has 1 saturated carbocycles. The van der Waals surface area contributed by atoms with Crippen molar-refractivity contribution in [3.63, 3.8) is 0 Å². The SMILES string of the molecule is O=C(O)C1CCC2(CCc3ccc(OCCP(=O)(O)O)cc32)CC1. The second kappa shape index (κ2) is 6.51. The number of benzene rings is 1. The van der Waals surface area contributed by atoms with Gasteiger partial charge in [0.05, 0.1) is 18.7 Å². The van der Waals surface area contributed by atoms with E-state index in [1.807, 2.05) is 18.2 Å². The van der Waals surface area contributed by atoms with Crippen LogP contribution in [0.3, 0.4) is 0 Å².